The summed E-state index contributed by atoms with van der Waals surface area (Å²) in [6, 6.07) is 6.10. The smallest absolute Gasteiger partial charge is 0.407 e. The summed E-state index contributed by atoms with van der Waals surface area (Å²) >= 11 is 0. The number of carboxylic acid groups (broad SMARTS) is 1. The van der Waals surface area contributed by atoms with Gasteiger partial charge in [0.05, 0.1) is 30.6 Å². The zero-order chi connectivity index (χ0) is 36.7. The van der Waals surface area contributed by atoms with Crippen molar-refractivity contribution in [2.24, 2.45) is 11.8 Å². The molecule has 51 heavy (non-hydrogen) atoms. The van der Waals surface area contributed by atoms with E-state index in [0.29, 0.717) is 24.7 Å². The van der Waals surface area contributed by atoms with Gasteiger partial charge in [0.25, 0.3) is 0 Å². The van der Waals surface area contributed by atoms with Crippen molar-refractivity contribution in [2.75, 3.05) is 20.2 Å². The highest BCUT2D eigenvalue weighted by Crippen LogP contribution is 2.33. The number of hydrogen-bond donors (Lipinski definition) is 5. The van der Waals surface area contributed by atoms with Gasteiger partial charge in [0.2, 0.25) is 11.8 Å². The molecular formula is C37H48N8O6. The number of likely N-dealkylation sites (tertiary alicyclic amines) is 2. The Bertz CT molecular complexity index is 1740. The van der Waals surface area contributed by atoms with E-state index in [1.807, 2.05) is 82.5 Å². The van der Waals surface area contributed by atoms with Gasteiger partial charge in [0.15, 0.2) is 0 Å². The topological polar surface area (TPSA) is 186 Å². The molecule has 4 atom stereocenters. The Hall–Kier alpha value is -5.40. The van der Waals surface area contributed by atoms with Gasteiger partial charge in [-0.3, -0.25) is 9.59 Å². The van der Waals surface area contributed by atoms with Gasteiger partial charge < -0.3 is 40.2 Å². The number of aromatic amines is 2. The van der Waals surface area contributed by atoms with Crippen molar-refractivity contribution < 1.29 is 29.0 Å². The maximum Gasteiger partial charge on any atom is 0.407 e. The van der Waals surface area contributed by atoms with E-state index >= 15 is 0 Å². The first-order chi connectivity index (χ1) is 24.4. The lowest BCUT2D eigenvalue weighted by molar-refractivity contribution is -0.136. The van der Waals surface area contributed by atoms with Crippen LogP contribution < -0.4 is 10.6 Å². The zero-order valence-corrected chi connectivity index (χ0v) is 29.8. The molecule has 0 radical (unpaired) electrons. The molecule has 3 aromatic rings. The van der Waals surface area contributed by atoms with Crippen LogP contribution in [0.5, 0.6) is 0 Å². The molecule has 0 aliphatic carbocycles. The van der Waals surface area contributed by atoms with Gasteiger partial charge >= 0.3 is 12.2 Å². The van der Waals surface area contributed by atoms with Crippen molar-refractivity contribution in [3.63, 3.8) is 0 Å². The molecule has 2 saturated heterocycles. The number of nitrogens with zero attached hydrogens (tertiary/aromatic N) is 4. The molecule has 2 fully saturated rings. The van der Waals surface area contributed by atoms with Crippen molar-refractivity contribution in [1.29, 1.82) is 0 Å². The van der Waals surface area contributed by atoms with Crippen LogP contribution in [-0.2, 0) is 14.3 Å². The quantitative estimate of drug-likeness (QED) is 0.165. The second-order valence-corrected chi connectivity index (χ2v) is 13.7. The SMILES string of the molecule is COC(=O)N[C@H](C(=O)N1CCC[C@H]1c1nc(C=Cc2ccc(C=Cc3c[nH]c([C@@H]4CCCN4C(=O)[C@@H](NC(=O)O)C(C)C)n3)cc2)c[nH]1)C(C)C. The molecule has 0 saturated carbocycles. The summed E-state index contributed by atoms with van der Waals surface area (Å²) in [7, 11) is 1.28. The number of alkyl carbamates (subject to hydrolysis) is 1. The molecule has 14 nitrogen and oxygen atoms in total. The van der Waals surface area contributed by atoms with Crippen LogP contribution >= 0.6 is 0 Å². The monoisotopic (exact) mass is 700 g/mol. The number of rotatable bonds is 12. The Morgan fingerprint density at radius 3 is 1.59 bits per heavy atom. The van der Waals surface area contributed by atoms with Gasteiger partial charge in [-0.15, -0.1) is 0 Å². The minimum atomic E-state index is -1.21. The van der Waals surface area contributed by atoms with E-state index in [-0.39, 0.29) is 35.7 Å². The summed E-state index contributed by atoms with van der Waals surface area (Å²) in [5, 5.41) is 14.3. The zero-order valence-electron chi connectivity index (χ0n) is 29.8. The number of methoxy groups -OCH3 is 1. The molecule has 5 rings (SSSR count). The lowest BCUT2D eigenvalue weighted by Gasteiger charge is -2.29. The third-order valence-corrected chi connectivity index (χ3v) is 9.37. The second kappa shape index (κ2) is 16.5. The van der Waals surface area contributed by atoms with E-state index < -0.39 is 24.3 Å². The molecule has 2 aliphatic rings. The number of carbonyl (C=O) groups excluding carboxylic acids is 3. The Labute approximate surface area is 297 Å². The summed E-state index contributed by atoms with van der Waals surface area (Å²) in [4.78, 5) is 69.3. The second-order valence-electron chi connectivity index (χ2n) is 13.7. The molecule has 4 heterocycles. The normalized spacial score (nSPS) is 19.0. The van der Waals surface area contributed by atoms with Gasteiger partial charge in [-0.05, 0) is 60.8 Å². The Morgan fingerprint density at radius 1 is 0.765 bits per heavy atom. The Balaban J connectivity index is 1.18. The van der Waals surface area contributed by atoms with E-state index in [2.05, 4.69) is 20.6 Å². The number of amides is 4. The molecule has 0 spiro atoms. The number of nitrogens with one attached hydrogen (secondary N) is 4. The van der Waals surface area contributed by atoms with Gasteiger partial charge in [0, 0.05) is 25.5 Å². The lowest BCUT2D eigenvalue weighted by atomic mass is 10.0. The molecule has 2 aromatic heterocycles. The van der Waals surface area contributed by atoms with Crippen LogP contribution in [0.2, 0.25) is 0 Å². The summed E-state index contributed by atoms with van der Waals surface area (Å²) in [6.45, 7) is 8.58. The summed E-state index contributed by atoms with van der Waals surface area (Å²) in [5.74, 6) is 0.735. The fraction of sp³-hybridized carbons (Fsp3) is 0.459. The molecule has 272 valence electrons. The molecule has 0 unspecified atom stereocenters. The first-order valence-electron chi connectivity index (χ1n) is 17.5. The number of aromatic nitrogens is 4. The first-order valence-corrected chi connectivity index (χ1v) is 17.5. The highest BCUT2D eigenvalue weighted by atomic mass is 16.5. The van der Waals surface area contributed by atoms with Crippen LogP contribution in [0.25, 0.3) is 24.3 Å². The van der Waals surface area contributed by atoms with Crippen LogP contribution in [0.15, 0.2) is 36.7 Å². The van der Waals surface area contributed by atoms with Crippen LogP contribution in [-0.4, -0.2) is 91.1 Å². The van der Waals surface area contributed by atoms with E-state index in [9.17, 15) is 24.3 Å². The first kappa shape index (κ1) is 36.9. The van der Waals surface area contributed by atoms with Gasteiger partial charge in [-0.25, -0.2) is 19.6 Å². The molecule has 2 aliphatic heterocycles. The predicted octanol–water partition coefficient (Wildman–Crippen LogP) is 5.47. The highest BCUT2D eigenvalue weighted by Gasteiger charge is 2.38. The molecule has 5 N–H and O–H groups in total. The van der Waals surface area contributed by atoms with Crippen LogP contribution in [0, 0.1) is 11.8 Å². The van der Waals surface area contributed by atoms with Crippen molar-refractivity contribution in [2.45, 2.75) is 77.5 Å². The standard InChI is InChI=1S/C37H48N8O6/c1-22(2)30(42-36(48)49)34(46)44-18-6-8-28(44)32-38-20-26(40-32)16-14-24-10-12-25(13-11-24)15-17-27-21-39-33(41-27)29-9-7-19-45(29)35(47)31(23(3)4)43-37(50)51-5/h10-17,20-23,28-31,42H,6-9,18-19H2,1-5H3,(H,38,40)(H,39,41)(H,43,50)(H,48,49)/t28-,29-,30-,31-/m0/s1. The van der Waals surface area contributed by atoms with Gasteiger partial charge in [-0.2, -0.15) is 0 Å². The fourth-order valence-electron chi connectivity index (χ4n) is 6.63. The molecule has 0 bridgehead atoms. The average molecular weight is 701 g/mol. The number of imidazole rings is 2. The molecular weight excluding hydrogens is 652 g/mol. The number of ether oxygens (including phenoxy) is 1. The minimum absolute atomic E-state index is 0.102. The average Bonchev–Trinajstić information content (AvgIpc) is 3.93. The number of hydrogen-bond acceptors (Lipinski definition) is 7. The summed E-state index contributed by atoms with van der Waals surface area (Å²) in [5.41, 5.74) is 3.46. The third kappa shape index (κ3) is 9.04. The summed E-state index contributed by atoms with van der Waals surface area (Å²) in [6.07, 6.45) is 12.8. The van der Waals surface area contributed by atoms with Gasteiger partial charge in [0.1, 0.15) is 23.7 Å². The van der Waals surface area contributed by atoms with E-state index in [1.165, 1.54) is 7.11 Å². The van der Waals surface area contributed by atoms with Crippen molar-refractivity contribution in [3.05, 3.63) is 70.8 Å². The van der Waals surface area contributed by atoms with Crippen molar-refractivity contribution in [3.8, 4) is 0 Å². The van der Waals surface area contributed by atoms with Crippen LogP contribution in [0.3, 0.4) is 0 Å². The van der Waals surface area contributed by atoms with Crippen LogP contribution in [0.1, 0.15) is 99.6 Å². The van der Waals surface area contributed by atoms with E-state index in [0.717, 1.165) is 48.2 Å². The Kier molecular flexibility index (Phi) is 12.0. The molecule has 1 aromatic carbocycles. The van der Waals surface area contributed by atoms with Crippen LogP contribution in [0.4, 0.5) is 9.59 Å². The number of carbonyl (C=O) groups is 4. The van der Waals surface area contributed by atoms with E-state index in [4.69, 9.17) is 14.7 Å². The van der Waals surface area contributed by atoms with E-state index in [1.54, 1.807) is 16.0 Å². The van der Waals surface area contributed by atoms with Crippen molar-refractivity contribution in [1.82, 2.24) is 40.4 Å². The van der Waals surface area contributed by atoms with Crippen molar-refractivity contribution >= 4 is 48.3 Å². The number of H-pyrrole nitrogens is 2. The maximum absolute atomic E-state index is 13.4. The van der Waals surface area contributed by atoms with Gasteiger partial charge in [-0.1, -0.05) is 64.1 Å². The third-order valence-electron chi connectivity index (χ3n) is 9.37. The predicted molar refractivity (Wildman–Crippen MR) is 193 cm³/mol. The highest BCUT2D eigenvalue weighted by molar-refractivity contribution is 5.87. The number of benzene rings is 1. The molecule has 14 heteroatoms. The Morgan fingerprint density at radius 2 is 1.20 bits per heavy atom. The summed E-state index contributed by atoms with van der Waals surface area (Å²) < 4.78 is 4.73. The molecule has 4 amide bonds. The largest absolute Gasteiger partial charge is 0.465 e. The maximum atomic E-state index is 13.4. The minimum Gasteiger partial charge on any atom is -0.465 e. The fourth-order valence-corrected chi connectivity index (χ4v) is 6.63. The lowest BCUT2D eigenvalue weighted by Crippen LogP contribution is -2.51.